The number of nitrogens with one attached hydrogen (secondary N) is 1. The second-order valence-electron chi connectivity index (χ2n) is 5.22. The van der Waals surface area contributed by atoms with Gasteiger partial charge in [-0.15, -0.1) is 0 Å². The lowest BCUT2D eigenvalue weighted by Gasteiger charge is -2.24. The number of hydrogen-bond acceptors (Lipinski definition) is 3. The van der Waals surface area contributed by atoms with Crippen LogP contribution in [-0.4, -0.2) is 32.6 Å². The van der Waals surface area contributed by atoms with Gasteiger partial charge in [0.05, 0.1) is 6.61 Å². The van der Waals surface area contributed by atoms with Gasteiger partial charge in [-0.3, -0.25) is 0 Å². The first-order valence-corrected chi connectivity index (χ1v) is 6.59. The molecule has 0 amide bonds. The van der Waals surface area contributed by atoms with E-state index in [1.807, 2.05) is 27.8 Å². The molecular formula is C14H31NO2. The van der Waals surface area contributed by atoms with Gasteiger partial charge in [0.15, 0.2) is 0 Å². The monoisotopic (exact) mass is 245 g/mol. The van der Waals surface area contributed by atoms with Crippen molar-refractivity contribution in [1.82, 2.24) is 5.32 Å². The van der Waals surface area contributed by atoms with Crippen molar-refractivity contribution in [2.75, 3.05) is 26.8 Å². The standard InChI is InChI=1S/C12H25NO2.C2H6/c1-10(6-11(2)14)7-15-9-12(3,4)8-13-5;1-2/h10,13H,6-9H2,1-5H3;1-2H3. The van der Waals surface area contributed by atoms with E-state index in [0.29, 0.717) is 18.9 Å². The predicted octanol–water partition coefficient (Wildman–Crippen LogP) is 2.89. The van der Waals surface area contributed by atoms with E-state index in [4.69, 9.17) is 4.74 Å². The molecule has 0 rings (SSSR count). The van der Waals surface area contributed by atoms with Gasteiger partial charge < -0.3 is 14.8 Å². The third-order valence-electron chi connectivity index (χ3n) is 2.19. The predicted molar refractivity (Wildman–Crippen MR) is 74.3 cm³/mol. The van der Waals surface area contributed by atoms with E-state index in [1.165, 1.54) is 0 Å². The van der Waals surface area contributed by atoms with Crippen molar-refractivity contribution in [3.05, 3.63) is 0 Å². The average Bonchev–Trinajstić information content (AvgIpc) is 2.18. The maximum atomic E-state index is 10.9. The van der Waals surface area contributed by atoms with Crippen molar-refractivity contribution < 1.29 is 9.53 Å². The van der Waals surface area contributed by atoms with Crippen LogP contribution in [0.2, 0.25) is 0 Å². The first-order chi connectivity index (χ1) is 7.87. The lowest BCUT2D eigenvalue weighted by atomic mass is 9.95. The van der Waals surface area contributed by atoms with Gasteiger partial charge >= 0.3 is 0 Å². The first-order valence-electron chi connectivity index (χ1n) is 6.59. The van der Waals surface area contributed by atoms with E-state index in [2.05, 4.69) is 19.2 Å². The van der Waals surface area contributed by atoms with E-state index in [-0.39, 0.29) is 11.2 Å². The van der Waals surface area contributed by atoms with Gasteiger partial charge in [0, 0.05) is 25.0 Å². The second-order valence-corrected chi connectivity index (χ2v) is 5.22. The van der Waals surface area contributed by atoms with Crippen LogP contribution < -0.4 is 5.32 Å². The van der Waals surface area contributed by atoms with Crippen LogP contribution in [0, 0.1) is 11.3 Å². The Kier molecular flexibility index (Phi) is 12.0. The number of ether oxygens (including phenoxy) is 1. The Balaban J connectivity index is 0. The van der Waals surface area contributed by atoms with Crippen LogP contribution in [0.5, 0.6) is 0 Å². The summed E-state index contributed by atoms with van der Waals surface area (Å²) in [5.41, 5.74) is 0.157. The van der Waals surface area contributed by atoms with Crippen LogP contribution >= 0.6 is 0 Å². The van der Waals surface area contributed by atoms with Crippen molar-refractivity contribution in [2.45, 2.75) is 48.0 Å². The van der Waals surface area contributed by atoms with Crippen molar-refractivity contribution >= 4 is 5.78 Å². The molecule has 0 aromatic heterocycles. The molecule has 0 radical (unpaired) electrons. The van der Waals surface area contributed by atoms with Gasteiger partial charge in [0.2, 0.25) is 0 Å². The topological polar surface area (TPSA) is 38.3 Å². The van der Waals surface area contributed by atoms with Crippen molar-refractivity contribution in [3.63, 3.8) is 0 Å². The molecule has 0 aromatic rings. The van der Waals surface area contributed by atoms with Gasteiger partial charge in [-0.25, -0.2) is 0 Å². The Labute approximate surface area is 107 Å². The van der Waals surface area contributed by atoms with E-state index < -0.39 is 0 Å². The molecule has 17 heavy (non-hydrogen) atoms. The molecular weight excluding hydrogens is 214 g/mol. The fourth-order valence-corrected chi connectivity index (χ4v) is 1.62. The third kappa shape index (κ3) is 13.5. The van der Waals surface area contributed by atoms with E-state index in [1.54, 1.807) is 6.92 Å². The van der Waals surface area contributed by atoms with Crippen LogP contribution in [-0.2, 0) is 9.53 Å². The minimum absolute atomic E-state index is 0.157. The zero-order valence-corrected chi connectivity index (χ0v) is 12.7. The maximum Gasteiger partial charge on any atom is 0.130 e. The van der Waals surface area contributed by atoms with Gasteiger partial charge in [0.25, 0.3) is 0 Å². The average molecular weight is 245 g/mol. The molecule has 104 valence electrons. The molecule has 0 bridgehead atoms. The fraction of sp³-hybridized carbons (Fsp3) is 0.929. The highest BCUT2D eigenvalue weighted by Crippen LogP contribution is 2.14. The minimum atomic E-state index is 0.157. The molecule has 0 saturated heterocycles. The summed E-state index contributed by atoms with van der Waals surface area (Å²) in [7, 11) is 1.94. The Bertz CT molecular complexity index is 191. The summed E-state index contributed by atoms with van der Waals surface area (Å²) in [5.74, 6) is 0.563. The van der Waals surface area contributed by atoms with Crippen LogP contribution in [0.1, 0.15) is 48.0 Å². The molecule has 0 heterocycles. The Hall–Kier alpha value is -0.410. The zero-order chi connectivity index (χ0) is 13.9. The fourth-order valence-electron chi connectivity index (χ4n) is 1.62. The largest absolute Gasteiger partial charge is 0.381 e. The number of rotatable bonds is 8. The highest BCUT2D eigenvalue weighted by Gasteiger charge is 2.17. The van der Waals surface area contributed by atoms with Crippen LogP contribution in [0.25, 0.3) is 0 Å². The molecule has 3 heteroatoms. The van der Waals surface area contributed by atoms with Crippen LogP contribution in [0.3, 0.4) is 0 Å². The number of carbonyl (C=O) groups is 1. The summed E-state index contributed by atoms with van der Waals surface area (Å²) in [6.07, 6.45) is 0.618. The number of carbonyl (C=O) groups excluding carboxylic acids is 1. The summed E-state index contributed by atoms with van der Waals surface area (Å²) in [5, 5.41) is 3.14. The number of ketones is 1. The first kappa shape index (κ1) is 18.9. The van der Waals surface area contributed by atoms with Gasteiger partial charge in [0.1, 0.15) is 5.78 Å². The number of Topliss-reactive ketones (excluding diaryl/α,β-unsaturated/α-hetero) is 1. The quantitative estimate of drug-likeness (QED) is 0.714. The molecule has 1 N–H and O–H groups in total. The molecule has 1 atom stereocenters. The second kappa shape index (κ2) is 10.7. The summed E-state index contributed by atoms with van der Waals surface area (Å²) < 4.78 is 5.62. The molecule has 1 unspecified atom stereocenters. The molecule has 0 fully saturated rings. The number of hydrogen-bond donors (Lipinski definition) is 1. The van der Waals surface area contributed by atoms with E-state index in [9.17, 15) is 4.79 Å². The summed E-state index contributed by atoms with van der Waals surface area (Å²) in [4.78, 5) is 10.9. The third-order valence-corrected chi connectivity index (χ3v) is 2.19. The van der Waals surface area contributed by atoms with E-state index >= 15 is 0 Å². The zero-order valence-electron chi connectivity index (χ0n) is 12.7. The molecule has 0 aliphatic rings. The SMILES string of the molecule is CC.CNCC(C)(C)COCC(C)CC(C)=O. The molecule has 0 saturated carbocycles. The molecule has 3 nitrogen and oxygen atoms in total. The van der Waals surface area contributed by atoms with Crippen molar-refractivity contribution in [3.8, 4) is 0 Å². The van der Waals surface area contributed by atoms with Crippen molar-refractivity contribution in [1.29, 1.82) is 0 Å². The van der Waals surface area contributed by atoms with Crippen LogP contribution in [0.4, 0.5) is 0 Å². The maximum absolute atomic E-state index is 10.9. The Morgan fingerprint density at radius 1 is 1.35 bits per heavy atom. The summed E-state index contributed by atoms with van der Waals surface area (Å²) in [6, 6.07) is 0. The molecule has 0 spiro atoms. The lowest BCUT2D eigenvalue weighted by Crippen LogP contribution is -2.31. The highest BCUT2D eigenvalue weighted by molar-refractivity contribution is 5.75. The van der Waals surface area contributed by atoms with E-state index in [0.717, 1.165) is 13.2 Å². The molecule has 0 aromatic carbocycles. The summed E-state index contributed by atoms with van der Waals surface area (Å²) in [6.45, 7) is 14.4. The van der Waals surface area contributed by atoms with Crippen LogP contribution in [0.15, 0.2) is 0 Å². The summed E-state index contributed by atoms with van der Waals surface area (Å²) >= 11 is 0. The van der Waals surface area contributed by atoms with Gasteiger partial charge in [-0.1, -0.05) is 34.6 Å². The van der Waals surface area contributed by atoms with Crippen molar-refractivity contribution in [2.24, 2.45) is 11.3 Å². The Morgan fingerprint density at radius 2 is 1.88 bits per heavy atom. The smallest absolute Gasteiger partial charge is 0.130 e. The van der Waals surface area contributed by atoms with Gasteiger partial charge in [-0.05, 0) is 19.9 Å². The Morgan fingerprint density at radius 3 is 2.29 bits per heavy atom. The highest BCUT2D eigenvalue weighted by atomic mass is 16.5. The normalized spacial score (nSPS) is 12.6. The minimum Gasteiger partial charge on any atom is -0.381 e. The molecule has 0 aliphatic carbocycles. The van der Waals surface area contributed by atoms with Gasteiger partial charge in [-0.2, -0.15) is 0 Å². The lowest BCUT2D eigenvalue weighted by molar-refractivity contribution is -0.118. The molecule has 0 aliphatic heterocycles.